The van der Waals surface area contributed by atoms with Crippen molar-refractivity contribution in [3.8, 4) is 0 Å². The van der Waals surface area contributed by atoms with Crippen LogP contribution in [0.2, 0.25) is 0 Å². The Kier molecular flexibility index (Phi) is 2.36. The van der Waals surface area contributed by atoms with E-state index in [9.17, 15) is 0 Å². The molecule has 2 rings (SSSR count). The van der Waals surface area contributed by atoms with Crippen LogP contribution in [0.3, 0.4) is 0 Å². The smallest absolute Gasteiger partial charge is 0.106 e. The highest BCUT2D eigenvalue weighted by atomic mass is 15.0. The Morgan fingerprint density at radius 2 is 2.31 bits per heavy atom. The van der Waals surface area contributed by atoms with Gasteiger partial charge in [0.05, 0.1) is 11.4 Å². The highest BCUT2D eigenvalue weighted by Gasteiger charge is 2.28. The van der Waals surface area contributed by atoms with Gasteiger partial charge in [-0.1, -0.05) is 6.92 Å². The van der Waals surface area contributed by atoms with Crippen molar-refractivity contribution in [3.63, 3.8) is 0 Å². The first-order valence-electron chi connectivity index (χ1n) is 5.12. The fourth-order valence-corrected chi connectivity index (χ4v) is 1.68. The number of hydrogen-bond donors (Lipinski definition) is 2. The predicted octanol–water partition coefficient (Wildman–Crippen LogP) is 1.70. The number of nitrogens with zero attached hydrogens (tertiary/aromatic N) is 1. The van der Waals surface area contributed by atoms with Crippen LogP contribution in [0, 0.1) is 0 Å². The second kappa shape index (κ2) is 3.50. The molecule has 0 spiro atoms. The zero-order chi connectivity index (χ0) is 9.26. The number of H-pyrrole nitrogens is 1. The number of imidazole rings is 1. The third-order valence-corrected chi connectivity index (χ3v) is 2.51. The standard InChI is InChI=1S/C10H17N3/c1-2-3-9-12-8(6-11)10(13-9)7-4-5-7/h7H,2-6,11H2,1H3,(H,12,13). The van der Waals surface area contributed by atoms with Crippen molar-refractivity contribution in [2.45, 2.75) is 45.1 Å². The molecule has 0 amide bonds. The Morgan fingerprint density at radius 1 is 1.54 bits per heavy atom. The van der Waals surface area contributed by atoms with E-state index in [0.29, 0.717) is 12.5 Å². The molecular formula is C10H17N3. The van der Waals surface area contributed by atoms with Gasteiger partial charge in [0.25, 0.3) is 0 Å². The van der Waals surface area contributed by atoms with E-state index < -0.39 is 0 Å². The minimum atomic E-state index is 0.600. The Morgan fingerprint density at radius 3 is 2.85 bits per heavy atom. The summed E-state index contributed by atoms with van der Waals surface area (Å²) in [6.45, 7) is 2.77. The molecule has 1 aliphatic rings. The maximum absolute atomic E-state index is 5.65. The van der Waals surface area contributed by atoms with E-state index in [1.807, 2.05) is 0 Å². The average molecular weight is 179 g/mol. The summed E-state index contributed by atoms with van der Waals surface area (Å²) in [6.07, 6.45) is 4.77. The molecule has 0 aliphatic heterocycles. The maximum Gasteiger partial charge on any atom is 0.106 e. The maximum atomic E-state index is 5.65. The zero-order valence-corrected chi connectivity index (χ0v) is 8.14. The minimum Gasteiger partial charge on any atom is -0.345 e. The van der Waals surface area contributed by atoms with Gasteiger partial charge in [0.15, 0.2) is 0 Å². The summed E-state index contributed by atoms with van der Waals surface area (Å²) in [5, 5.41) is 0. The first-order chi connectivity index (χ1) is 6.35. The number of hydrogen-bond acceptors (Lipinski definition) is 2. The normalized spacial score (nSPS) is 16.5. The quantitative estimate of drug-likeness (QED) is 0.739. The summed E-state index contributed by atoms with van der Waals surface area (Å²) in [7, 11) is 0. The van der Waals surface area contributed by atoms with Crippen LogP contribution >= 0.6 is 0 Å². The van der Waals surface area contributed by atoms with Gasteiger partial charge in [-0.15, -0.1) is 0 Å². The molecule has 3 nitrogen and oxygen atoms in total. The fourth-order valence-electron chi connectivity index (χ4n) is 1.68. The molecule has 1 heterocycles. The van der Waals surface area contributed by atoms with Gasteiger partial charge in [0, 0.05) is 18.9 Å². The monoisotopic (exact) mass is 179 g/mol. The molecule has 0 saturated heterocycles. The summed E-state index contributed by atoms with van der Waals surface area (Å²) >= 11 is 0. The highest BCUT2D eigenvalue weighted by Crippen LogP contribution is 2.40. The summed E-state index contributed by atoms with van der Waals surface area (Å²) in [5.41, 5.74) is 8.05. The summed E-state index contributed by atoms with van der Waals surface area (Å²) in [5.74, 6) is 1.82. The molecule has 72 valence electrons. The van der Waals surface area contributed by atoms with Gasteiger partial charge in [0.2, 0.25) is 0 Å². The lowest BCUT2D eigenvalue weighted by atomic mass is 10.2. The molecule has 13 heavy (non-hydrogen) atoms. The zero-order valence-electron chi connectivity index (χ0n) is 8.14. The van der Waals surface area contributed by atoms with Gasteiger partial charge < -0.3 is 10.7 Å². The molecule has 0 aromatic carbocycles. The van der Waals surface area contributed by atoms with E-state index in [0.717, 1.165) is 24.4 Å². The van der Waals surface area contributed by atoms with Crippen molar-refractivity contribution in [1.29, 1.82) is 0 Å². The van der Waals surface area contributed by atoms with E-state index in [1.54, 1.807) is 0 Å². The van der Waals surface area contributed by atoms with Gasteiger partial charge >= 0.3 is 0 Å². The molecule has 1 saturated carbocycles. The molecule has 1 aromatic heterocycles. The number of aryl methyl sites for hydroxylation is 1. The summed E-state index contributed by atoms with van der Waals surface area (Å²) < 4.78 is 0. The first-order valence-corrected chi connectivity index (χ1v) is 5.12. The van der Waals surface area contributed by atoms with E-state index in [2.05, 4.69) is 16.9 Å². The molecule has 3 heteroatoms. The van der Waals surface area contributed by atoms with Crippen LogP contribution in [0.4, 0.5) is 0 Å². The summed E-state index contributed by atoms with van der Waals surface area (Å²) in [6, 6.07) is 0. The average Bonchev–Trinajstić information content (AvgIpc) is 2.89. The van der Waals surface area contributed by atoms with Crippen molar-refractivity contribution < 1.29 is 0 Å². The largest absolute Gasteiger partial charge is 0.345 e. The lowest BCUT2D eigenvalue weighted by Gasteiger charge is -1.93. The number of aromatic nitrogens is 2. The van der Waals surface area contributed by atoms with E-state index in [4.69, 9.17) is 5.73 Å². The molecule has 0 bridgehead atoms. The number of aromatic amines is 1. The van der Waals surface area contributed by atoms with Crippen molar-refractivity contribution in [1.82, 2.24) is 9.97 Å². The minimum absolute atomic E-state index is 0.600. The lowest BCUT2D eigenvalue weighted by molar-refractivity contribution is 0.845. The molecule has 1 aliphatic carbocycles. The Bertz CT molecular complexity index is 286. The second-order valence-corrected chi connectivity index (χ2v) is 3.78. The third-order valence-electron chi connectivity index (χ3n) is 2.51. The number of nitrogens with two attached hydrogens (primary N) is 1. The highest BCUT2D eigenvalue weighted by molar-refractivity contribution is 5.23. The topological polar surface area (TPSA) is 54.7 Å². The van der Waals surface area contributed by atoms with Crippen LogP contribution in [-0.4, -0.2) is 9.97 Å². The number of rotatable bonds is 4. The fraction of sp³-hybridized carbons (Fsp3) is 0.700. The lowest BCUT2D eigenvalue weighted by Crippen LogP contribution is -2.00. The van der Waals surface area contributed by atoms with Crippen LogP contribution < -0.4 is 5.73 Å². The Labute approximate surface area is 78.7 Å². The van der Waals surface area contributed by atoms with Gasteiger partial charge in [-0.25, -0.2) is 4.98 Å². The van der Waals surface area contributed by atoms with Gasteiger partial charge in [-0.3, -0.25) is 0 Å². The van der Waals surface area contributed by atoms with Crippen LogP contribution in [0.15, 0.2) is 0 Å². The van der Waals surface area contributed by atoms with Crippen molar-refractivity contribution >= 4 is 0 Å². The summed E-state index contributed by atoms with van der Waals surface area (Å²) in [4.78, 5) is 7.91. The third kappa shape index (κ3) is 1.75. The Hall–Kier alpha value is -0.830. The van der Waals surface area contributed by atoms with Crippen molar-refractivity contribution in [2.24, 2.45) is 5.73 Å². The van der Waals surface area contributed by atoms with Gasteiger partial charge in [-0.2, -0.15) is 0 Å². The van der Waals surface area contributed by atoms with Gasteiger partial charge in [0.1, 0.15) is 5.82 Å². The van der Waals surface area contributed by atoms with E-state index >= 15 is 0 Å². The SMILES string of the molecule is CCCc1nc(C2CC2)c(CN)[nH]1. The molecule has 0 unspecified atom stereocenters. The predicted molar refractivity (Wildman–Crippen MR) is 52.4 cm³/mol. The molecule has 1 fully saturated rings. The van der Waals surface area contributed by atoms with Gasteiger partial charge in [-0.05, 0) is 19.3 Å². The van der Waals surface area contributed by atoms with Crippen LogP contribution in [-0.2, 0) is 13.0 Å². The van der Waals surface area contributed by atoms with Crippen LogP contribution in [0.25, 0.3) is 0 Å². The van der Waals surface area contributed by atoms with Crippen LogP contribution in [0.1, 0.15) is 49.3 Å². The van der Waals surface area contributed by atoms with Crippen molar-refractivity contribution in [3.05, 3.63) is 17.2 Å². The molecular weight excluding hydrogens is 162 g/mol. The van der Waals surface area contributed by atoms with Crippen molar-refractivity contribution in [2.75, 3.05) is 0 Å². The van der Waals surface area contributed by atoms with E-state index in [1.165, 1.54) is 18.5 Å². The first kappa shape index (κ1) is 8.75. The van der Waals surface area contributed by atoms with E-state index in [-0.39, 0.29) is 0 Å². The number of nitrogens with one attached hydrogen (secondary N) is 1. The van der Waals surface area contributed by atoms with Crippen LogP contribution in [0.5, 0.6) is 0 Å². The Balaban J connectivity index is 2.20. The molecule has 1 aromatic rings. The second-order valence-electron chi connectivity index (χ2n) is 3.78. The molecule has 0 atom stereocenters. The molecule has 3 N–H and O–H groups in total. The molecule has 0 radical (unpaired) electrons.